The lowest BCUT2D eigenvalue weighted by Crippen LogP contribution is -2.39. The number of rotatable bonds is 3. The van der Waals surface area contributed by atoms with Gasteiger partial charge in [-0.05, 0) is 38.3 Å². The lowest BCUT2D eigenvalue weighted by Gasteiger charge is -2.34. The fourth-order valence-corrected chi connectivity index (χ4v) is 4.92. The van der Waals surface area contributed by atoms with Crippen LogP contribution in [-0.2, 0) is 0 Å². The normalized spacial score (nSPS) is 23.5. The molecule has 2 aliphatic heterocycles. The lowest BCUT2D eigenvalue weighted by molar-refractivity contribution is 0.0600. The Labute approximate surface area is 190 Å². The van der Waals surface area contributed by atoms with Gasteiger partial charge in [0, 0.05) is 49.4 Å². The monoisotopic (exact) mass is 455 g/mol. The zero-order chi connectivity index (χ0) is 23.3. The van der Waals surface area contributed by atoms with E-state index in [9.17, 15) is 18.7 Å². The SMILES string of the molecule is Cc1cn2nc(C3CCCCN3C(=O)c3ccc(F)cc3F)cc2nc1N1CC(C)C(O)C1. The number of benzene rings is 1. The van der Waals surface area contributed by atoms with Crippen LogP contribution in [0.15, 0.2) is 30.5 Å². The van der Waals surface area contributed by atoms with Crippen LogP contribution in [0.4, 0.5) is 14.6 Å². The van der Waals surface area contributed by atoms with E-state index in [-0.39, 0.29) is 23.6 Å². The molecule has 3 atom stereocenters. The van der Waals surface area contributed by atoms with Crippen LogP contribution < -0.4 is 4.90 Å². The number of β-amino-alcohol motifs (C(OH)–C–C–N with tert-alkyl or cyclic N) is 1. The first kappa shape index (κ1) is 21.8. The van der Waals surface area contributed by atoms with Crippen LogP contribution in [0.5, 0.6) is 0 Å². The van der Waals surface area contributed by atoms with Crippen molar-refractivity contribution in [1.82, 2.24) is 19.5 Å². The highest BCUT2D eigenvalue weighted by molar-refractivity contribution is 5.94. The van der Waals surface area contributed by atoms with Crippen molar-refractivity contribution >= 4 is 17.4 Å². The minimum Gasteiger partial charge on any atom is -0.391 e. The molecule has 1 N–H and O–H groups in total. The van der Waals surface area contributed by atoms with Crippen molar-refractivity contribution in [3.63, 3.8) is 0 Å². The molecule has 2 aliphatic rings. The quantitative estimate of drug-likeness (QED) is 0.655. The molecule has 0 spiro atoms. The molecule has 0 saturated carbocycles. The van der Waals surface area contributed by atoms with E-state index >= 15 is 0 Å². The molecule has 4 heterocycles. The maximum Gasteiger partial charge on any atom is 0.257 e. The Kier molecular flexibility index (Phi) is 5.52. The van der Waals surface area contributed by atoms with Crippen molar-refractivity contribution in [3.8, 4) is 0 Å². The van der Waals surface area contributed by atoms with Crippen LogP contribution in [0.3, 0.4) is 0 Å². The molecule has 0 radical (unpaired) electrons. The van der Waals surface area contributed by atoms with E-state index in [2.05, 4.69) is 4.90 Å². The standard InChI is InChI=1S/C24H27F2N5O2/c1-14-11-29(13-21(14)32)23-15(2)12-31-22(27-23)10-19(28-31)20-5-3-4-8-30(20)24(33)17-7-6-16(25)9-18(17)26/h6-7,9-10,12,14,20-21,32H,3-5,8,11,13H2,1-2H3. The molecule has 2 aromatic heterocycles. The molecule has 3 aromatic rings. The van der Waals surface area contributed by atoms with E-state index < -0.39 is 17.5 Å². The van der Waals surface area contributed by atoms with Gasteiger partial charge in [-0.2, -0.15) is 5.10 Å². The van der Waals surface area contributed by atoms with E-state index in [0.717, 1.165) is 42.9 Å². The van der Waals surface area contributed by atoms with Crippen LogP contribution in [0, 0.1) is 24.5 Å². The fourth-order valence-electron chi connectivity index (χ4n) is 4.92. The molecular weight excluding hydrogens is 428 g/mol. The van der Waals surface area contributed by atoms with Crippen molar-refractivity contribution in [1.29, 1.82) is 0 Å². The van der Waals surface area contributed by atoms with Crippen molar-refractivity contribution < 1.29 is 18.7 Å². The maximum atomic E-state index is 14.3. The summed E-state index contributed by atoms with van der Waals surface area (Å²) in [7, 11) is 0. The highest BCUT2D eigenvalue weighted by Crippen LogP contribution is 2.33. The number of hydrogen-bond donors (Lipinski definition) is 1. The number of anilines is 1. The third kappa shape index (κ3) is 3.94. The average Bonchev–Trinajstić information content (AvgIpc) is 3.35. The molecule has 0 aliphatic carbocycles. The predicted molar refractivity (Wildman–Crippen MR) is 119 cm³/mol. The highest BCUT2D eigenvalue weighted by Gasteiger charge is 2.33. The minimum absolute atomic E-state index is 0.134. The molecular formula is C24H27F2N5O2. The second kappa shape index (κ2) is 8.37. The number of carbonyl (C=O) groups excluding carboxylic acids is 1. The molecule has 0 bridgehead atoms. The molecule has 33 heavy (non-hydrogen) atoms. The minimum atomic E-state index is -0.858. The fraction of sp³-hybridized carbons (Fsp3) is 0.458. The molecule has 3 unspecified atom stereocenters. The van der Waals surface area contributed by atoms with E-state index in [0.29, 0.717) is 30.9 Å². The molecule has 2 saturated heterocycles. The van der Waals surface area contributed by atoms with Gasteiger partial charge in [0.1, 0.15) is 17.5 Å². The van der Waals surface area contributed by atoms with Gasteiger partial charge in [0.05, 0.1) is 23.4 Å². The third-order valence-electron chi connectivity index (χ3n) is 6.76. The second-order valence-corrected chi connectivity index (χ2v) is 9.20. The number of hydrogen-bond acceptors (Lipinski definition) is 5. The van der Waals surface area contributed by atoms with Crippen LogP contribution in [-0.4, -0.2) is 56.2 Å². The molecule has 1 aromatic carbocycles. The average molecular weight is 456 g/mol. The van der Waals surface area contributed by atoms with E-state index in [4.69, 9.17) is 10.1 Å². The Morgan fingerprint density at radius 1 is 1.18 bits per heavy atom. The molecule has 1 amide bonds. The first-order chi connectivity index (χ1) is 15.8. The van der Waals surface area contributed by atoms with Crippen molar-refractivity contribution in [2.24, 2.45) is 5.92 Å². The molecule has 9 heteroatoms. The van der Waals surface area contributed by atoms with Crippen molar-refractivity contribution in [2.45, 2.75) is 45.3 Å². The highest BCUT2D eigenvalue weighted by atomic mass is 19.1. The van der Waals surface area contributed by atoms with E-state index in [1.165, 1.54) is 6.07 Å². The Bertz CT molecular complexity index is 1200. The summed E-state index contributed by atoms with van der Waals surface area (Å²) >= 11 is 0. The van der Waals surface area contributed by atoms with Crippen molar-refractivity contribution in [3.05, 3.63) is 58.9 Å². The summed E-state index contributed by atoms with van der Waals surface area (Å²) in [5.74, 6) is -1.03. The first-order valence-electron chi connectivity index (χ1n) is 11.4. The Hall–Kier alpha value is -3.07. The lowest BCUT2D eigenvalue weighted by atomic mass is 9.98. The number of carbonyl (C=O) groups is 1. The number of amides is 1. The van der Waals surface area contributed by atoms with Gasteiger partial charge in [-0.3, -0.25) is 4.79 Å². The van der Waals surface area contributed by atoms with Crippen LogP contribution in [0.2, 0.25) is 0 Å². The Morgan fingerprint density at radius 3 is 2.73 bits per heavy atom. The zero-order valence-corrected chi connectivity index (χ0v) is 18.7. The summed E-state index contributed by atoms with van der Waals surface area (Å²) in [6.07, 6.45) is 3.98. The molecule has 7 nitrogen and oxygen atoms in total. The first-order valence-corrected chi connectivity index (χ1v) is 11.4. The van der Waals surface area contributed by atoms with E-state index in [1.54, 1.807) is 9.42 Å². The summed E-state index contributed by atoms with van der Waals surface area (Å²) in [5, 5.41) is 14.8. The van der Waals surface area contributed by atoms with Gasteiger partial charge in [0.15, 0.2) is 5.65 Å². The third-order valence-corrected chi connectivity index (χ3v) is 6.76. The number of fused-ring (bicyclic) bond motifs is 1. The summed E-state index contributed by atoms with van der Waals surface area (Å²) in [4.78, 5) is 21.7. The number of halogens is 2. The Balaban J connectivity index is 1.47. The van der Waals surface area contributed by atoms with Crippen LogP contribution >= 0.6 is 0 Å². The van der Waals surface area contributed by atoms with Crippen LogP contribution in [0.1, 0.15) is 53.8 Å². The van der Waals surface area contributed by atoms with Gasteiger partial charge in [-0.25, -0.2) is 18.3 Å². The zero-order valence-electron chi connectivity index (χ0n) is 18.7. The smallest absolute Gasteiger partial charge is 0.257 e. The Morgan fingerprint density at radius 2 is 2.00 bits per heavy atom. The number of piperidine rings is 1. The summed E-state index contributed by atoms with van der Waals surface area (Å²) < 4.78 is 29.3. The van der Waals surface area contributed by atoms with Gasteiger partial charge >= 0.3 is 0 Å². The van der Waals surface area contributed by atoms with E-state index in [1.807, 2.05) is 26.1 Å². The van der Waals surface area contributed by atoms with Crippen LogP contribution in [0.25, 0.3) is 5.65 Å². The number of aryl methyl sites for hydroxylation is 1. The summed E-state index contributed by atoms with van der Waals surface area (Å²) in [6, 6.07) is 4.60. The largest absolute Gasteiger partial charge is 0.391 e. The molecule has 2 fully saturated rings. The van der Waals surface area contributed by atoms with Gasteiger partial charge in [0.2, 0.25) is 0 Å². The molecule has 5 rings (SSSR count). The summed E-state index contributed by atoms with van der Waals surface area (Å²) in [6.45, 7) is 5.75. The topological polar surface area (TPSA) is 74.0 Å². The second-order valence-electron chi connectivity index (χ2n) is 9.20. The molecule has 174 valence electrons. The maximum absolute atomic E-state index is 14.3. The number of aliphatic hydroxyl groups is 1. The number of aromatic nitrogens is 3. The van der Waals surface area contributed by atoms with Gasteiger partial charge < -0.3 is 14.9 Å². The number of likely N-dealkylation sites (tertiary alicyclic amines) is 1. The van der Waals surface area contributed by atoms with Gasteiger partial charge in [-0.15, -0.1) is 0 Å². The number of aliphatic hydroxyl groups excluding tert-OH is 1. The number of nitrogens with zero attached hydrogens (tertiary/aromatic N) is 5. The summed E-state index contributed by atoms with van der Waals surface area (Å²) in [5.41, 5.74) is 2.17. The predicted octanol–water partition coefficient (Wildman–Crippen LogP) is 3.50. The van der Waals surface area contributed by atoms with Gasteiger partial charge in [-0.1, -0.05) is 6.92 Å². The van der Waals surface area contributed by atoms with Gasteiger partial charge in [0.25, 0.3) is 5.91 Å². The van der Waals surface area contributed by atoms with Crippen molar-refractivity contribution in [2.75, 3.05) is 24.5 Å².